The summed E-state index contributed by atoms with van der Waals surface area (Å²) in [4.78, 5) is 0. The topological polar surface area (TPSA) is 58.3 Å². The quantitative estimate of drug-likeness (QED) is 0.792. The number of hydrogen-bond acceptors (Lipinski definition) is 3. The van der Waals surface area contributed by atoms with Crippen molar-refractivity contribution in [2.75, 3.05) is 0 Å². The summed E-state index contributed by atoms with van der Waals surface area (Å²) in [5.74, 6) is 0.199. The van der Waals surface area contributed by atoms with Crippen LogP contribution in [0.4, 0.5) is 0 Å². The van der Waals surface area contributed by atoms with Gasteiger partial charge in [0, 0.05) is 12.4 Å². The Labute approximate surface area is 87.4 Å². The summed E-state index contributed by atoms with van der Waals surface area (Å²) in [7, 11) is 0. The molecule has 15 heavy (non-hydrogen) atoms. The minimum atomic E-state index is -0.606. The number of aromatic hydroxyl groups is 1. The van der Waals surface area contributed by atoms with E-state index in [9.17, 15) is 5.11 Å². The van der Waals surface area contributed by atoms with Gasteiger partial charge in [0.15, 0.2) is 0 Å². The molecule has 0 saturated heterocycles. The van der Waals surface area contributed by atoms with Crippen LogP contribution in [0.15, 0.2) is 42.7 Å². The van der Waals surface area contributed by atoms with Crippen LogP contribution in [-0.2, 0) is 6.54 Å². The highest BCUT2D eigenvalue weighted by Crippen LogP contribution is 2.17. The molecule has 0 aliphatic rings. The lowest BCUT2D eigenvalue weighted by molar-refractivity contribution is 0.151. The normalized spacial score (nSPS) is 12.6. The molecule has 0 bridgehead atoms. The monoisotopic (exact) mass is 204 g/mol. The lowest BCUT2D eigenvalue weighted by atomic mass is 10.1. The van der Waals surface area contributed by atoms with Crippen LogP contribution in [0.2, 0.25) is 0 Å². The Morgan fingerprint density at radius 1 is 1.27 bits per heavy atom. The van der Waals surface area contributed by atoms with Crippen LogP contribution in [0, 0.1) is 0 Å². The van der Waals surface area contributed by atoms with E-state index in [4.69, 9.17) is 5.11 Å². The van der Waals surface area contributed by atoms with Crippen LogP contribution < -0.4 is 0 Å². The van der Waals surface area contributed by atoms with Gasteiger partial charge in [-0.25, -0.2) is 0 Å². The first kappa shape index (κ1) is 9.73. The van der Waals surface area contributed by atoms with E-state index < -0.39 is 6.10 Å². The number of benzene rings is 1. The van der Waals surface area contributed by atoms with Gasteiger partial charge in [0.25, 0.3) is 0 Å². The molecule has 0 radical (unpaired) electrons. The van der Waals surface area contributed by atoms with E-state index >= 15 is 0 Å². The van der Waals surface area contributed by atoms with Crippen molar-refractivity contribution >= 4 is 0 Å². The highest BCUT2D eigenvalue weighted by molar-refractivity contribution is 5.27. The number of phenols is 1. The number of aliphatic hydroxyl groups excluding tert-OH is 1. The summed E-state index contributed by atoms with van der Waals surface area (Å²) in [5, 5.41) is 22.9. The third-order valence-corrected chi connectivity index (χ3v) is 2.20. The molecule has 4 nitrogen and oxygen atoms in total. The Kier molecular flexibility index (Phi) is 2.69. The number of aliphatic hydroxyl groups is 1. The Hall–Kier alpha value is -1.81. The first-order chi connectivity index (χ1) is 7.25. The number of aromatic nitrogens is 2. The molecule has 1 heterocycles. The maximum atomic E-state index is 9.84. The molecule has 2 rings (SSSR count). The minimum Gasteiger partial charge on any atom is -0.508 e. The highest BCUT2D eigenvalue weighted by atomic mass is 16.3. The average molecular weight is 204 g/mol. The van der Waals surface area contributed by atoms with E-state index in [0.717, 1.165) is 5.56 Å². The zero-order valence-electron chi connectivity index (χ0n) is 8.11. The first-order valence-corrected chi connectivity index (χ1v) is 4.70. The van der Waals surface area contributed by atoms with E-state index in [-0.39, 0.29) is 5.75 Å². The summed E-state index contributed by atoms with van der Waals surface area (Å²) in [6.07, 6.45) is 2.86. The average Bonchev–Trinajstić information content (AvgIpc) is 2.71. The standard InChI is InChI=1S/C11H12N2O2/c14-10-4-2-9(3-5-10)11(15)8-13-7-1-6-12-13/h1-7,11,14-15H,8H2. The van der Waals surface area contributed by atoms with Crippen LogP contribution in [0.5, 0.6) is 5.75 Å². The van der Waals surface area contributed by atoms with Gasteiger partial charge in [-0.05, 0) is 23.8 Å². The molecule has 1 unspecified atom stereocenters. The predicted octanol–water partition coefficient (Wildman–Crippen LogP) is 1.32. The van der Waals surface area contributed by atoms with Gasteiger partial charge in [-0.15, -0.1) is 0 Å². The molecule has 1 aromatic heterocycles. The van der Waals surface area contributed by atoms with E-state index in [0.29, 0.717) is 6.54 Å². The third kappa shape index (κ3) is 2.35. The SMILES string of the molecule is Oc1ccc(C(O)Cn2cccn2)cc1. The fourth-order valence-electron chi connectivity index (χ4n) is 1.39. The molecule has 0 aliphatic carbocycles. The van der Waals surface area contributed by atoms with Crippen molar-refractivity contribution in [1.29, 1.82) is 0 Å². The molecule has 0 amide bonds. The van der Waals surface area contributed by atoms with Crippen LogP contribution in [-0.4, -0.2) is 20.0 Å². The summed E-state index contributed by atoms with van der Waals surface area (Å²) < 4.78 is 1.66. The number of nitrogens with zero attached hydrogens (tertiary/aromatic N) is 2. The van der Waals surface area contributed by atoms with E-state index in [1.54, 1.807) is 41.3 Å². The molecule has 0 saturated carbocycles. The van der Waals surface area contributed by atoms with Gasteiger partial charge < -0.3 is 10.2 Å². The van der Waals surface area contributed by atoms with Crippen molar-refractivity contribution in [3.63, 3.8) is 0 Å². The molecule has 0 fully saturated rings. The molecular formula is C11H12N2O2. The predicted molar refractivity (Wildman–Crippen MR) is 55.3 cm³/mol. The van der Waals surface area contributed by atoms with Crippen LogP contribution in [0.25, 0.3) is 0 Å². The van der Waals surface area contributed by atoms with Gasteiger partial charge in [-0.3, -0.25) is 4.68 Å². The number of hydrogen-bond donors (Lipinski definition) is 2. The Balaban J connectivity index is 2.08. The second kappa shape index (κ2) is 4.14. The van der Waals surface area contributed by atoms with Crippen LogP contribution in [0.1, 0.15) is 11.7 Å². The van der Waals surface area contributed by atoms with Gasteiger partial charge >= 0.3 is 0 Å². The van der Waals surface area contributed by atoms with Crippen molar-refractivity contribution in [3.8, 4) is 5.75 Å². The van der Waals surface area contributed by atoms with E-state index in [1.165, 1.54) is 0 Å². The maximum absolute atomic E-state index is 9.84. The summed E-state index contributed by atoms with van der Waals surface area (Å²) in [6, 6.07) is 8.32. The molecule has 1 atom stereocenters. The lowest BCUT2D eigenvalue weighted by Gasteiger charge is -2.10. The molecular weight excluding hydrogens is 192 g/mol. The molecule has 78 valence electrons. The summed E-state index contributed by atoms with van der Waals surface area (Å²) >= 11 is 0. The van der Waals surface area contributed by atoms with Crippen molar-refractivity contribution < 1.29 is 10.2 Å². The van der Waals surface area contributed by atoms with Crippen molar-refractivity contribution in [1.82, 2.24) is 9.78 Å². The molecule has 2 aromatic rings. The molecule has 0 spiro atoms. The van der Waals surface area contributed by atoms with E-state index in [2.05, 4.69) is 5.10 Å². The summed E-state index contributed by atoms with van der Waals surface area (Å²) in [6.45, 7) is 0.414. The second-order valence-electron chi connectivity index (χ2n) is 3.34. The lowest BCUT2D eigenvalue weighted by Crippen LogP contribution is -2.08. The first-order valence-electron chi connectivity index (χ1n) is 4.70. The molecule has 2 N–H and O–H groups in total. The fourth-order valence-corrected chi connectivity index (χ4v) is 1.39. The van der Waals surface area contributed by atoms with Crippen molar-refractivity contribution in [2.45, 2.75) is 12.6 Å². The third-order valence-electron chi connectivity index (χ3n) is 2.20. The smallest absolute Gasteiger partial charge is 0.115 e. The zero-order chi connectivity index (χ0) is 10.7. The Bertz CT molecular complexity index is 409. The van der Waals surface area contributed by atoms with Crippen molar-refractivity contribution in [3.05, 3.63) is 48.3 Å². The maximum Gasteiger partial charge on any atom is 0.115 e. The molecule has 0 aliphatic heterocycles. The van der Waals surface area contributed by atoms with Gasteiger partial charge in [0.1, 0.15) is 5.75 Å². The van der Waals surface area contributed by atoms with Gasteiger partial charge in [0.05, 0.1) is 12.6 Å². The van der Waals surface area contributed by atoms with Gasteiger partial charge in [-0.2, -0.15) is 5.10 Å². The number of rotatable bonds is 3. The van der Waals surface area contributed by atoms with Crippen molar-refractivity contribution in [2.24, 2.45) is 0 Å². The molecule has 4 heteroatoms. The highest BCUT2D eigenvalue weighted by Gasteiger charge is 2.07. The van der Waals surface area contributed by atoms with E-state index in [1.807, 2.05) is 6.07 Å². The van der Waals surface area contributed by atoms with Crippen LogP contribution >= 0.6 is 0 Å². The van der Waals surface area contributed by atoms with Gasteiger partial charge in [0.2, 0.25) is 0 Å². The van der Waals surface area contributed by atoms with Gasteiger partial charge in [-0.1, -0.05) is 12.1 Å². The fraction of sp³-hybridized carbons (Fsp3) is 0.182. The number of phenolic OH excluding ortho intramolecular Hbond substituents is 1. The molecule has 1 aromatic carbocycles. The Morgan fingerprint density at radius 2 is 2.00 bits per heavy atom. The zero-order valence-corrected chi connectivity index (χ0v) is 8.11. The summed E-state index contributed by atoms with van der Waals surface area (Å²) in [5.41, 5.74) is 0.767. The second-order valence-corrected chi connectivity index (χ2v) is 3.34. The minimum absolute atomic E-state index is 0.199. The Morgan fingerprint density at radius 3 is 2.60 bits per heavy atom. The van der Waals surface area contributed by atoms with Crippen LogP contribution in [0.3, 0.4) is 0 Å². The largest absolute Gasteiger partial charge is 0.508 e.